The van der Waals surface area contributed by atoms with Crippen molar-refractivity contribution in [1.82, 2.24) is 0 Å². The maximum Gasteiger partial charge on any atom is 0.261 e. The Kier molecular flexibility index (Phi) is 4.39. The first kappa shape index (κ1) is 14.5. The predicted octanol–water partition coefficient (Wildman–Crippen LogP) is 3.58. The van der Waals surface area contributed by atoms with Crippen LogP contribution in [0.1, 0.15) is 18.9 Å². The quantitative estimate of drug-likeness (QED) is 0.916. The molecule has 0 atom stereocenters. The third-order valence-electron chi connectivity index (χ3n) is 2.85. The molecule has 2 rings (SSSR count). The molecule has 0 heterocycles. The van der Waals surface area contributed by atoms with Crippen LogP contribution < -0.4 is 4.72 Å². The molecule has 0 bridgehead atoms. The van der Waals surface area contributed by atoms with Gasteiger partial charge in [-0.2, -0.15) is 0 Å². The third-order valence-corrected chi connectivity index (χ3v) is 4.25. The van der Waals surface area contributed by atoms with Crippen molar-refractivity contribution in [1.29, 1.82) is 0 Å². The molecule has 0 saturated heterocycles. The van der Waals surface area contributed by atoms with Crippen molar-refractivity contribution < 1.29 is 12.8 Å². The van der Waals surface area contributed by atoms with E-state index in [0.29, 0.717) is 0 Å². The molecule has 20 heavy (non-hydrogen) atoms. The number of nitrogens with one attached hydrogen (secondary N) is 1. The summed E-state index contributed by atoms with van der Waals surface area (Å²) in [7, 11) is -3.68. The molecule has 0 aliphatic carbocycles. The normalized spacial score (nSPS) is 11.3. The van der Waals surface area contributed by atoms with E-state index in [1.54, 1.807) is 24.3 Å². The number of anilines is 1. The minimum Gasteiger partial charge on any atom is -0.280 e. The summed E-state index contributed by atoms with van der Waals surface area (Å²) in [5.41, 5.74) is 1.31. The van der Waals surface area contributed by atoms with Crippen molar-refractivity contribution in [3.63, 3.8) is 0 Å². The Morgan fingerprint density at radius 1 is 1.10 bits per heavy atom. The standard InChI is InChI=1S/C15H16FNO2S/c1-2-4-12-7-9-15(10-8-12)20(18,19)17-14-6-3-5-13(16)11-14/h3,5-11,17H,2,4H2,1H3. The van der Waals surface area contributed by atoms with E-state index in [1.165, 1.54) is 18.2 Å². The van der Waals surface area contributed by atoms with Gasteiger partial charge in [-0.3, -0.25) is 4.72 Å². The summed E-state index contributed by atoms with van der Waals surface area (Å²) in [6.07, 6.45) is 1.92. The van der Waals surface area contributed by atoms with Crippen LogP contribution >= 0.6 is 0 Å². The number of benzene rings is 2. The molecule has 0 fully saturated rings. The fourth-order valence-electron chi connectivity index (χ4n) is 1.89. The van der Waals surface area contributed by atoms with Gasteiger partial charge in [-0.25, -0.2) is 12.8 Å². The molecule has 106 valence electrons. The molecule has 2 aromatic carbocycles. The van der Waals surface area contributed by atoms with Crippen molar-refractivity contribution in [3.8, 4) is 0 Å². The summed E-state index contributed by atoms with van der Waals surface area (Å²) in [5, 5.41) is 0. The van der Waals surface area contributed by atoms with Crippen LogP contribution in [0, 0.1) is 5.82 Å². The van der Waals surface area contributed by atoms with Crippen LogP contribution in [0.4, 0.5) is 10.1 Å². The van der Waals surface area contributed by atoms with Crippen LogP contribution in [0.2, 0.25) is 0 Å². The molecule has 0 aromatic heterocycles. The molecular weight excluding hydrogens is 277 g/mol. The van der Waals surface area contributed by atoms with Crippen molar-refractivity contribution in [3.05, 3.63) is 59.9 Å². The molecule has 0 amide bonds. The van der Waals surface area contributed by atoms with E-state index in [-0.39, 0.29) is 10.6 Å². The minimum atomic E-state index is -3.68. The Balaban J connectivity index is 2.21. The van der Waals surface area contributed by atoms with Crippen LogP contribution in [0.5, 0.6) is 0 Å². The topological polar surface area (TPSA) is 46.2 Å². The van der Waals surface area contributed by atoms with Gasteiger partial charge in [0.25, 0.3) is 10.0 Å². The van der Waals surface area contributed by atoms with E-state index in [1.807, 2.05) is 0 Å². The molecule has 3 nitrogen and oxygen atoms in total. The summed E-state index contributed by atoms with van der Waals surface area (Å²) >= 11 is 0. The van der Waals surface area contributed by atoms with E-state index in [2.05, 4.69) is 11.6 Å². The fraction of sp³-hybridized carbons (Fsp3) is 0.200. The maximum absolute atomic E-state index is 13.0. The van der Waals surface area contributed by atoms with Crippen molar-refractivity contribution in [2.24, 2.45) is 0 Å². The Morgan fingerprint density at radius 3 is 2.40 bits per heavy atom. The lowest BCUT2D eigenvalue weighted by molar-refractivity contribution is 0.601. The maximum atomic E-state index is 13.0. The van der Waals surface area contributed by atoms with Crippen LogP contribution in [0.25, 0.3) is 0 Å². The zero-order chi connectivity index (χ0) is 14.6. The summed E-state index contributed by atoms with van der Waals surface area (Å²) in [5.74, 6) is -0.483. The largest absolute Gasteiger partial charge is 0.280 e. The van der Waals surface area contributed by atoms with Gasteiger partial charge in [-0.1, -0.05) is 31.5 Å². The van der Waals surface area contributed by atoms with E-state index in [4.69, 9.17) is 0 Å². The summed E-state index contributed by atoms with van der Waals surface area (Å²) in [6.45, 7) is 2.07. The van der Waals surface area contributed by atoms with Crippen LogP contribution in [-0.4, -0.2) is 8.42 Å². The van der Waals surface area contributed by atoms with E-state index in [0.717, 1.165) is 24.5 Å². The zero-order valence-electron chi connectivity index (χ0n) is 11.1. The second kappa shape index (κ2) is 6.05. The molecule has 1 N–H and O–H groups in total. The highest BCUT2D eigenvalue weighted by molar-refractivity contribution is 7.92. The average molecular weight is 293 g/mol. The Labute approximate surface area is 118 Å². The van der Waals surface area contributed by atoms with E-state index >= 15 is 0 Å². The summed E-state index contributed by atoms with van der Waals surface area (Å²) in [4.78, 5) is 0.168. The first-order chi connectivity index (χ1) is 9.51. The van der Waals surface area contributed by atoms with E-state index < -0.39 is 15.8 Å². The first-order valence-corrected chi connectivity index (χ1v) is 7.87. The smallest absolute Gasteiger partial charge is 0.261 e. The lowest BCUT2D eigenvalue weighted by Crippen LogP contribution is -2.13. The molecule has 0 aliphatic rings. The van der Waals surface area contributed by atoms with E-state index in [9.17, 15) is 12.8 Å². The van der Waals surface area contributed by atoms with Crippen molar-refractivity contribution in [2.75, 3.05) is 4.72 Å². The van der Waals surface area contributed by atoms with Gasteiger partial charge < -0.3 is 0 Å². The Morgan fingerprint density at radius 2 is 1.80 bits per heavy atom. The van der Waals surface area contributed by atoms with Crippen LogP contribution in [0.15, 0.2) is 53.4 Å². The minimum absolute atomic E-state index is 0.168. The number of sulfonamides is 1. The molecule has 0 radical (unpaired) electrons. The monoisotopic (exact) mass is 293 g/mol. The summed E-state index contributed by atoms with van der Waals surface area (Å²) in [6, 6.07) is 12.1. The van der Waals surface area contributed by atoms with Gasteiger partial charge >= 0.3 is 0 Å². The van der Waals surface area contributed by atoms with Gasteiger partial charge in [-0.05, 0) is 42.3 Å². The summed E-state index contributed by atoms with van der Waals surface area (Å²) < 4.78 is 39.7. The molecular formula is C15H16FNO2S. The zero-order valence-corrected chi connectivity index (χ0v) is 12.0. The molecule has 0 saturated carbocycles. The number of halogens is 1. The Hall–Kier alpha value is -1.88. The van der Waals surface area contributed by atoms with Crippen LogP contribution in [-0.2, 0) is 16.4 Å². The van der Waals surface area contributed by atoms with Gasteiger partial charge in [-0.15, -0.1) is 0 Å². The number of hydrogen-bond donors (Lipinski definition) is 1. The second-order valence-corrected chi connectivity index (χ2v) is 6.19. The third kappa shape index (κ3) is 3.57. The lowest BCUT2D eigenvalue weighted by Gasteiger charge is -2.08. The highest BCUT2D eigenvalue weighted by Gasteiger charge is 2.14. The van der Waals surface area contributed by atoms with Gasteiger partial charge in [0.05, 0.1) is 10.6 Å². The second-order valence-electron chi connectivity index (χ2n) is 4.51. The lowest BCUT2D eigenvalue weighted by atomic mass is 10.1. The number of rotatable bonds is 5. The van der Waals surface area contributed by atoms with Crippen LogP contribution in [0.3, 0.4) is 0 Å². The average Bonchev–Trinajstić information content (AvgIpc) is 2.39. The van der Waals surface area contributed by atoms with Gasteiger partial charge in [0.2, 0.25) is 0 Å². The Bertz CT molecular complexity index is 681. The SMILES string of the molecule is CCCc1ccc(S(=O)(=O)Nc2cccc(F)c2)cc1. The molecule has 5 heteroatoms. The molecule has 0 unspecified atom stereocenters. The highest BCUT2D eigenvalue weighted by Crippen LogP contribution is 2.17. The highest BCUT2D eigenvalue weighted by atomic mass is 32.2. The number of aryl methyl sites for hydroxylation is 1. The first-order valence-electron chi connectivity index (χ1n) is 6.38. The van der Waals surface area contributed by atoms with Crippen molar-refractivity contribution in [2.45, 2.75) is 24.7 Å². The molecule has 0 aliphatic heterocycles. The van der Waals surface area contributed by atoms with Gasteiger partial charge in [0.1, 0.15) is 5.82 Å². The van der Waals surface area contributed by atoms with Gasteiger partial charge in [0.15, 0.2) is 0 Å². The number of hydrogen-bond acceptors (Lipinski definition) is 2. The predicted molar refractivity (Wildman–Crippen MR) is 77.6 cm³/mol. The molecule has 2 aromatic rings. The van der Waals surface area contributed by atoms with Crippen molar-refractivity contribution >= 4 is 15.7 Å². The fourth-order valence-corrected chi connectivity index (χ4v) is 2.94. The molecule has 0 spiro atoms. The van der Waals surface area contributed by atoms with Gasteiger partial charge in [0, 0.05) is 0 Å².